The van der Waals surface area contributed by atoms with Gasteiger partial charge in [-0.3, -0.25) is 4.79 Å². The van der Waals surface area contributed by atoms with Crippen LogP contribution in [-0.4, -0.2) is 17.4 Å². The predicted octanol–water partition coefficient (Wildman–Crippen LogP) is 5.52. The maximum absolute atomic E-state index is 12.4. The zero-order valence-electron chi connectivity index (χ0n) is 15.2. The molecule has 1 N–H and O–H groups in total. The minimum Gasteiger partial charge on any atom is -0.355 e. The first-order valence-corrected chi connectivity index (χ1v) is 10.4. The Morgan fingerprint density at radius 2 is 1.79 bits per heavy atom. The number of aromatic nitrogens is 1. The summed E-state index contributed by atoms with van der Waals surface area (Å²) in [6.45, 7) is 0.577. The van der Waals surface area contributed by atoms with Crippen LogP contribution in [0.25, 0.3) is 21.3 Å². The van der Waals surface area contributed by atoms with Crippen molar-refractivity contribution in [3.8, 4) is 10.6 Å². The molecule has 0 saturated carbocycles. The molecule has 0 aliphatic rings. The molecule has 0 aliphatic carbocycles. The molecule has 28 heavy (non-hydrogen) atoms. The highest BCUT2D eigenvalue weighted by molar-refractivity contribution is 7.13. The molecule has 0 bridgehead atoms. The van der Waals surface area contributed by atoms with Crippen molar-refractivity contribution in [2.45, 2.75) is 12.8 Å². The lowest BCUT2D eigenvalue weighted by Gasteiger charge is -2.07. The van der Waals surface area contributed by atoms with E-state index in [1.807, 2.05) is 53.9 Å². The summed E-state index contributed by atoms with van der Waals surface area (Å²) in [5.74, 6) is 0.0320. The number of carbonyl (C=O) groups excluding carboxylic acids is 1. The van der Waals surface area contributed by atoms with Gasteiger partial charge in [0, 0.05) is 28.9 Å². The fourth-order valence-corrected chi connectivity index (χ4v) is 4.15. The summed E-state index contributed by atoms with van der Waals surface area (Å²) in [4.78, 5) is 17.0. The number of nitrogens with one attached hydrogen (secondary N) is 1. The van der Waals surface area contributed by atoms with Gasteiger partial charge in [-0.15, -0.1) is 11.3 Å². The highest BCUT2D eigenvalue weighted by Gasteiger charge is 2.08. The van der Waals surface area contributed by atoms with E-state index >= 15 is 0 Å². The highest BCUT2D eigenvalue weighted by Crippen LogP contribution is 2.25. The summed E-state index contributed by atoms with van der Waals surface area (Å²) >= 11 is 7.54. The molecule has 0 fully saturated rings. The van der Waals surface area contributed by atoms with E-state index in [1.165, 1.54) is 0 Å². The lowest BCUT2D eigenvalue weighted by Crippen LogP contribution is -2.27. The van der Waals surface area contributed by atoms with Crippen LogP contribution < -0.4 is 5.32 Å². The van der Waals surface area contributed by atoms with Gasteiger partial charge in [-0.1, -0.05) is 66.2 Å². The van der Waals surface area contributed by atoms with Crippen LogP contribution in [0.1, 0.15) is 11.3 Å². The second kappa shape index (κ2) is 8.55. The fraction of sp³-hybridized carbons (Fsp3) is 0.130. The molecule has 0 atom stereocenters. The van der Waals surface area contributed by atoms with Crippen molar-refractivity contribution >= 4 is 39.6 Å². The molecule has 0 saturated heterocycles. The van der Waals surface area contributed by atoms with Gasteiger partial charge < -0.3 is 5.32 Å². The molecule has 3 aromatic carbocycles. The molecule has 3 nitrogen and oxygen atoms in total. The summed E-state index contributed by atoms with van der Waals surface area (Å²) in [5.41, 5.74) is 3.09. The summed E-state index contributed by atoms with van der Waals surface area (Å²) in [5, 5.41) is 9.02. The third-order valence-electron chi connectivity index (χ3n) is 4.58. The third kappa shape index (κ3) is 4.41. The minimum absolute atomic E-state index is 0.0320. The van der Waals surface area contributed by atoms with E-state index in [-0.39, 0.29) is 5.91 Å². The molecule has 140 valence electrons. The van der Waals surface area contributed by atoms with Crippen LogP contribution in [0.2, 0.25) is 5.02 Å². The van der Waals surface area contributed by atoms with Crippen molar-refractivity contribution in [1.29, 1.82) is 0 Å². The molecule has 1 aromatic heterocycles. The number of hydrogen-bond acceptors (Lipinski definition) is 3. The summed E-state index contributed by atoms with van der Waals surface area (Å²) < 4.78 is 0. The Morgan fingerprint density at radius 1 is 1.00 bits per heavy atom. The van der Waals surface area contributed by atoms with E-state index in [0.717, 1.165) is 37.6 Å². The summed E-state index contributed by atoms with van der Waals surface area (Å²) in [6, 6.07) is 21.9. The van der Waals surface area contributed by atoms with E-state index in [9.17, 15) is 4.79 Å². The zero-order valence-corrected chi connectivity index (χ0v) is 16.8. The standard InChI is InChI=1S/C23H19ClN2OS/c24-19-10-8-17(9-11-19)23-26-20(15-28-23)12-13-25-22(27)14-18-6-3-5-16-4-1-2-7-21(16)18/h1-11,15H,12-14H2,(H,25,27). The zero-order chi connectivity index (χ0) is 19.3. The molecule has 0 unspecified atom stereocenters. The number of rotatable bonds is 6. The van der Waals surface area contributed by atoms with Gasteiger partial charge in [0.15, 0.2) is 0 Å². The first-order chi connectivity index (χ1) is 13.7. The van der Waals surface area contributed by atoms with E-state index in [1.54, 1.807) is 11.3 Å². The Hall–Kier alpha value is -2.69. The number of carbonyl (C=O) groups is 1. The molecule has 0 spiro atoms. The second-order valence-corrected chi connectivity index (χ2v) is 7.86. The van der Waals surface area contributed by atoms with Crippen LogP contribution in [0.3, 0.4) is 0 Å². The molecular formula is C23H19ClN2OS. The van der Waals surface area contributed by atoms with Crippen molar-refractivity contribution in [2.75, 3.05) is 6.54 Å². The number of hydrogen-bond donors (Lipinski definition) is 1. The topological polar surface area (TPSA) is 42.0 Å². The predicted molar refractivity (Wildman–Crippen MR) is 117 cm³/mol. The van der Waals surface area contributed by atoms with Gasteiger partial charge >= 0.3 is 0 Å². The maximum Gasteiger partial charge on any atom is 0.224 e. The van der Waals surface area contributed by atoms with Gasteiger partial charge in [-0.25, -0.2) is 4.98 Å². The van der Waals surface area contributed by atoms with Crippen LogP contribution in [-0.2, 0) is 17.6 Å². The number of amides is 1. The average Bonchev–Trinajstić information content (AvgIpc) is 3.18. The minimum atomic E-state index is 0.0320. The van der Waals surface area contributed by atoms with E-state index in [4.69, 9.17) is 11.6 Å². The summed E-state index contributed by atoms with van der Waals surface area (Å²) in [7, 11) is 0. The van der Waals surface area contributed by atoms with Gasteiger partial charge in [0.1, 0.15) is 5.01 Å². The lowest BCUT2D eigenvalue weighted by atomic mass is 10.0. The van der Waals surface area contributed by atoms with Gasteiger partial charge in [0.25, 0.3) is 0 Å². The van der Waals surface area contributed by atoms with Gasteiger partial charge in [-0.2, -0.15) is 0 Å². The van der Waals surface area contributed by atoms with E-state index < -0.39 is 0 Å². The third-order valence-corrected chi connectivity index (χ3v) is 5.77. The quantitative estimate of drug-likeness (QED) is 0.458. The Morgan fingerprint density at radius 3 is 2.64 bits per heavy atom. The molecule has 5 heteroatoms. The number of fused-ring (bicyclic) bond motifs is 1. The number of halogens is 1. The largest absolute Gasteiger partial charge is 0.355 e. The fourth-order valence-electron chi connectivity index (χ4n) is 3.16. The Bertz CT molecular complexity index is 1100. The van der Waals surface area contributed by atoms with Crippen LogP contribution in [0.15, 0.2) is 72.1 Å². The number of nitrogens with zero attached hydrogens (tertiary/aromatic N) is 1. The summed E-state index contributed by atoms with van der Waals surface area (Å²) in [6.07, 6.45) is 1.10. The van der Waals surface area contributed by atoms with Gasteiger partial charge in [0.05, 0.1) is 12.1 Å². The average molecular weight is 407 g/mol. The van der Waals surface area contributed by atoms with Crippen molar-refractivity contribution in [2.24, 2.45) is 0 Å². The smallest absolute Gasteiger partial charge is 0.224 e. The lowest BCUT2D eigenvalue weighted by molar-refractivity contribution is -0.120. The Labute approximate surface area is 173 Å². The van der Waals surface area contributed by atoms with Crippen LogP contribution in [0.5, 0.6) is 0 Å². The Kier molecular flexibility index (Phi) is 5.70. The molecular weight excluding hydrogens is 388 g/mol. The van der Waals surface area contributed by atoms with Crippen molar-refractivity contribution < 1.29 is 4.79 Å². The SMILES string of the molecule is O=C(Cc1cccc2ccccc12)NCCc1csc(-c2ccc(Cl)cc2)n1. The van der Waals surface area contributed by atoms with Crippen LogP contribution in [0, 0.1) is 0 Å². The number of benzene rings is 3. The van der Waals surface area contributed by atoms with Crippen molar-refractivity contribution in [3.05, 3.63) is 88.4 Å². The molecule has 1 heterocycles. The van der Waals surface area contributed by atoms with E-state index in [2.05, 4.69) is 28.5 Å². The molecule has 4 aromatic rings. The second-order valence-electron chi connectivity index (χ2n) is 6.57. The monoisotopic (exact) mass is 406 g/mol. The first kappa shape index (κ1) is 18.7. The first-order valence-electron chi connectivity index (χ1n) is 9.13. The maximum atomic E-state index is 12.4. The normalized spacial score (nSPS) is 10.9. The van der Waals surface area contributed by atoms with E-state index in [0.29, 0.717) is 19.4 Å². The van der Waals surface area contributed by atoms with Crippen molar-refractivity contribution in [3.63, 3.8) is 0 Å². The number of thiazole rings is 1. The molecule has 1 amide bonds. The highest BCUT2D eigenvalue weighted by atomic mass is 35.5. The van der Waals surface area contributed by atoms with Crippen LogP contribution >= 0.6 is 22.9 Å². The van der Waals surface area contributed by atoms with Crippen molar-refractivity contribution in [1.82, 2.24) is 10.3 Å². The molecule has 4 rings (SSSR count). The van der Waals surface area contributed by atoms with Gasteiger partial charge in [-0.05, 0) is 28.5 Å². The van der Waals surface area contributed by atoms with Gasteiger partial charge in [0.2, 0.25) is 5.91 Å². The molecule has 0 aliphatic heterocycles. The Balaban J connectivity index is 1.33. The molecule has 0 radical (unpaired) electrons. The van der Waals surface area contributed by atoms with Crippen LogP contribution in [0.4, 0.5) is 0 Å².